The van der Waals surface area contributed by atoms with Crippen molar-refractivity contribution in [2.24, 2.45) is 0 Å². The number of thioether (sulfide) groups is 1. The summed E-state index contributed by atoms with van der Waals surface area (Å²) in [6.45, 7) is 4.02. The first-order valence-corrected chi connectivity index (χ1v) is 7.17. The Kier molecular flexibility index (Phi) is 4.49. The fraction of sp³-hybridized carbons (Fsp3) is 0.385. The smallest absolute Gasteiger partial charge is 0.222 e. The lowest BCUT2D eigenvalue weighted by Crippen LogP contribution is -2.07. The Balaban J connectivity index is 2.11. The molecule has 0 aliphatic rings. The van der Waals surface area contributed by atoms with E-state index in [1.807, 2.05) is 24.5 Å². The van der Waals surface area contributed by atoms with E-state index in [-0.39, 0.29) is 17.6 Å². The number of nitrogens with two attached hydrogens (primary N) is 1. The van der Waals surface area contributed by atoms with Crippen molar-refractivity contribution in [1.29, 1.82) is 0 Å². The minimum absolute atomic E-state index is 0.181. The van der Waals surface area contributed by atoms with E-state index in [1.54, 1.807) is 6.07 Å². The Labute approximate surface area is 121 Å². The van der Waals surface area contributed by atoms with Crippen LogP contribution in [-0.2, 0) is 5.75 Å². The molecule has 2 aromatic rings. The van der Waals surface area contributed by atoms with Gasteiger partial charge in [0.1, 0.15) is 0 Å². The highest BCUT2D eigenvalue weighted by Crippen LogP contribution is 2.27. The van der Waals surface area contributed by atoms with Gasteiger partial charge in [-0.25, -0.2) is 4.39 Å². The molecule has 20 heavy (non-hydrogen) atoms. The van der Waals surface area contributed by atoms with Crippen LogP contribution in [-0.4, -0.2) is 21.9 Å². The van der Waals surface area contributed by atoms with Gasteiger partial charge in [-0.05, 0) is 31.5 Å². The van der Waals surface area contributed by atoms with Crippen LogP contribution in [0.15, 0.2) is 23.4 Å². The summed E-state index contributed by atoms with van der Waals surface area (Å²) in [5, 5.41) is 8.64. The molecule has 0 aliphatic carbocycles. The standard InChI is InChI=1S/C13H17FN4OS/c1-8(2)18-12(15)16-17-13(18)20-7-9-4-5-11(19-3)10(14)6-9/h4-6,8H,7H2,1-3H3,(H2,15,16). The number of anilines is 1. The van der Waals surface area contributed by atoms with Crippen LogP contribution in [0.5, 0.6) is 5.75 Å². The number of rotatable bonds is 5. The molecule has 1 aromatic carbocycles. The number of methoxy groups -OCH3 is 1. The zero-order chi connectivity index (χ0) is 14.7. The van der Waals surface area contributed by atoms with E-state index in [0.717, 1.165) is 10.7 Å². The van der Waals surface area contributed by atoms with E-state index in [1.165, 1.54) is 24.9 Å². The predicted molar refractivity (Wildman–Crippen MR) is 77.3 cm³/mol. The maximum Gasteiger partial charge on any atom is 0.222 e. The van der Waals surface area contributed by atoms with Crippen LogP contribution >= 0.6 is 11.8 Å². The van der Waals surface area contributed by atoms with Crippen molar-refractivity contribution in [2.75, 3.05) is 12.8 Å². The summed E-state index contributed by atoms with van der Waals surface area (Å²) >= 11 is 1.47. The number of ether oxygens (including phenoxy) is 1. The van der Waals surface area contributed by atoms with Crippen LogP contribution < -0.4 is 10.5 Å². The molecule has 2 N–H and O–H groups in total. The van der Waals surface area contributed by atoms with Gasteiger partial charge >= 0.3 is 0 Å². The normalized spacial score (nSPS) is 11.1. The van der Waals surface area contributed by atoms with Crippen LogP contribution in [0, 0.1) is 5.82 Å². The second-order valence-corrected chi connectivity index (χ2v) is 5.50. The fourth-order valence-corrected chi connectivity index (χ4v) is 2.84. The minimum Gasteiger partial charge on any atom is -0.494 e. The summed E-state index contributed by atoms with van der Waals surface area (Å²) < 4.78 is 20.3. The van der Waals surface area contributed by atoms with Crippen molar-refractivity contribution in [2.45, 2.75) is 30.8 Å². The SMILES string of the molecule is COc1ccc(CSc2nnc(N)n2C(C)C)cc1F. The third-order valence-electron chi connectivity index (χ3n) is 2.79. The zero-order valence-corrected chi connectivity index (χ0v) is 12.4. The molecular formula is C13H17FN4OS. The molecule has 0 bridgehead atoms. The molecule has 0 fully saturated rings. The van der Waals surface area contributed by atoms with Crippen molar-refractivity contribution in [1.82, 2.24) is 14.8 Å². The molecule has 0 saturated carbocycles. The van der Waals surface area contributed by atoms with Gasteiger partial charge in [0.05, 0.1) is 7.11 Å². The lowest BCUT2D eigenvalue weighted by Gasteiger charge is -2.11. The predicted octanol–water partition coefficient (Wildman–Crippen LogP) is 2.88. The Hall–Kier alpha value is -1.76. The monoisotopic (exact) mass is 296 g/mol. The van der Waals surface area contributed by atoms with Gasteiger partial charge < -0.3 is 10.5 Å². The average Bonchev–Trinajstić information content (AvgIpc) is 2.78. The molecule has 0 amide bonds. The molecule has 0 unspecified atom stereocenters. The van der Waals surface area contributed by atoms with E-state index in [4.69, 9.17) is 10.5 Å². The van der Waals surface area contributed by atoms with E-state index in [0.29, 0.717) is 11.7 Å². The molecule has 2 rings (SSSR count). The Morgan fingerprint density at radius 1 is 1.40 bits per heavy atom. The maximum atomic E-state index is 13.6. The van der Waals surface area contributed by atoms with Gasteiger partial charge in [-0.2, -0.15) is 0 Å². The van der Waals surface area contributed by atoms with Crippen LogP contribution in [0.2, 0.25) is 0 Å². The summed E-state index contributed by atoms with van der Waals surface area (Å²) in [5.41, 5.74) is 6.62. The van der Waals surface area contributed by atoms with Crippen molar-refractivity contribution < 1.29 is 9.13 Å². The number of halogens is 1. The molecule has 7 heteroatoms. The molecule has 0 radical (unpaired) electrons. The van der Waals surface area contributed by atoms with Gasteiger partial charge in [-0.3, -0.25) is 4.57 Å². The molecule has 0 atom stereocenters. The van der Waals surface area contributed by atoms with E-state index in [9.17, 15) is 4.39 Å². The summed E-state index contributed by atoms with van der Waals surface area (Å²) in [6, 6.07) is 5.09. The van der Waals surface area contributed by atoms with E-state index < -0.39 is 0 Å². The molecule has 1 aromatic heterocycles. The van der Waals surface area contributed by atoms with Crippen molar-refractivity contribution in [3.05, 3.63) is 29.6 Å². The van der Waals surface area contributed by atoms with Gasteiger partial charge in [-0.15, -0.1) is 10.2 Å². The molecular weight excluding hydrogens is 279 g/mol. The van der Waals surface area contributed by atoms with Crippen molar-refractivity contribution >= 4 is 17.7 Å². The lowest BCUT2D eigenvalue weighted by atomic mass is 10.2. The quantitative estimate of drug-likeness (QED) is 0.859. The van der Waals surface area contributed by atoms with E-state index >= 15 is 0 Å². The number of nitrogen functional groups attached to an aromatic ring is 1. The highest BCUT2D eigenvalue weighted by atomic mass is 32.2. The van der Waals surface area contributed by atoms with Gasteiger partial charge in [0.25, 0.3) is 0 Å². The van der Waals surface area contributed by atoms with Crippen LogP contribution in [0.4, 0.5) is 10.3 Å². The molecule has 1 heterocycles. The second-order valence-electron chi connectivity index (χ2n) is 4.56. The van der Waals surface area contributed by atoms with E-state index in [2.05, 4.69) is 10.2 Å². The Bertz CT molecular complexity index is 600. The number of nitrogens with zero attached hydrogens (tertiary/aromatic N) is 3. The van der Waals surface area contributed by atoms with Gasteiger partial charge in [0, 0.05) is 11.8 Å². The first-order chi connectivity index (χ1) is 9.52. The fourth-order valence-electron chi connectivity index (χ4n) is 1.82. The van der Waals surface area contributed by atoms with Crippen LogP contribution in [0.1, 0.15) is 25.5 Å². The Morgan fingerprint density at radius 3 is 2.75 bits per heavy atom. The highest BCUT2D eigenvalue weighted by molar-refractivity contribution is 7.98. The number of aromatic nitrogens is 3. The number of hydrogen-bond acceptors (Lipinski definition) is 5. The summed E-state index contributed by atoms with van der Waals surface area (Å²) in [5.74, 6) is 0.860. The maximum absolute atomic E-state index is 13.6. The number of benzene rings is 1. The Morgan fingerprint density at radius 2 is 2.15 bits per heavy atom. The second kappa shape index (κ2) is 6.13. The first kappa shape index (κ1) is 14.6. The zero-order valence-electron chi connectivity index (χ0n) is 11.6. The molecule has 108 valence electrons. The molecule has 0 aliphatic heterocycles. The third kappa shape index (κ3) is 3.04. The summed E-state index contributed by atoms with van der Waals surface area (Å²) in [6.07, 6.45) is 0. The van der Waals surface area contributed by atoms with Crippen LogP contribution in [0.3, 0.4) is 0 Å². The van der Waals surface area contributed by atoms with Crippen LogP contribution in [0.25, 0.3) is 0 Å². The third-order valence-corrected chi connectivity index (χ3v) is 3.81. The molecule has 0 saturated heterocycles. The average molecular weight is 296 g/mol. The lowest BCUT2D eigenvalue weighted by molar-refractivity contribution is 0.386. The highest BCUT2D eigenvalue weighted by Gasteiger charge is 2.13. The topological polar surface area (TPSA) is 66.0 Å². The van der Waals surface area contributed by atoms with Gasteiger partial charge in [-0.1, -0.05) is 17.8 Å². The summed E-state index contributed by atoms with van der Waals surface area (Å²) in [4.78, 5) is 0. The van der Waals surface area contributed by atoms with Crippen molar-refractivity contribution in [3.63, 3.8) is 0 Å². The minimum atomic E-state index is -0.365. The van der Waals surface area contributed by atoms with Crippen molar-refractivity contribution in [3.8, 4) is 5.75 Å². The molecule has 0 spiro atoms. The van der Waals surface area contributed by atoms with Gasteiger partial charge in [0.15, 0.2) is 16.7 Å². The molecule has 5 nitrogen and oxygen atoms in total. The summed E-state index contributed by atoms with van der Waals surface area (Å²) in [7, 11) is 1.45. The van der Waals surface area contributed by atoms with Gasteiger partial charge in [0.2, 0.25) is 5.95 Å². The first-order valence-electron chi connectivity index (χ1n) is 6.18. The largest absolute Gasteiger partial charge is 0.494 e. The number of hydrogen-bond donors (Lipinski definition) is 1.